The Balaban J connectivity index is 1.46. The molecule has 3 aromatic carbocycles. The maximum Gasteiger partial charge on any atom is 0.264 e. The summed E-state index contributed by atoms with van der Waals surface area (Å²) < 4.78 is 5.86. The number of hydrogen-bond donors (Lipinski definition) is 1. The number of carbonyl (C=O) groups excluding carboxylic acids is 1. The summed E-state index contributed by atoms with van der Waals surface area (Å²) in [6.45, 7) is 0.368. The van der Waals surface area contributed by atoms with Crippen molar-refractivity contribution in [3.05, 3.63) is 98.9 Å². The molecule has 1 aliphatic rings. The van der Waals surface area contributed by atoms with Crippen molar-refractivity contribution in [2.45, 2.75) is 6.61 Å². The standard InChI is InChI=1S/C23H16Cl2N2O2S/c24-17-8-10-18(11-9-17)26-23-27-22(28)21(30-23)13-15-4-3-6-19(12-15)29-14-16-5-1-2-7-20(16)25/h1-13H,14H2,(H,26,27,28)/b21-13-. The number of hydrogen-bond acceptors (Lipinski definition) is 4. The number of ether oxygens (including phenoxy) is 1. The molecule has 1 N–H and O–H groups in total. The van der Waals surface area contributed by atoms with E-state index in [1.807, 2.05) is 54.6 Å². The highest BCUT2D eigenvalue weighted by molar-refractivity contribution is 8.18. The lowest BCUT2D eigenvalue weighted by molar-refractivity contribution is -0.115. The molecule has 4 rings (SSSR count). The molecular weight excluding hydrogens is 439 g/mol. The average molecular weight is 455 g/mol. The van der Waals surface area contributed by atoms with Crippen molar-refractivity contribution >= 4 is 57.8 Å². The molecule has 30 heavy (non-hydrogen) atoms. The van der Waals surface area contributed by atoms with Crippen LogP contribution in [-0.4, -0.2) is 11.1 Å². The Labute approximate surface area is 188 Å². The summed E-state index contributed by atoms with van der Waals surface area (Å²) >= 11 is 13.4. The molecule has 1 fully saturated rings. The summed E-state index contributed by atoms with van der Waals surface area (Å²) in [4.78, 5) is 17.3. The summed E-state index contributed by atoms with van der Waals surface area (Å²) in [7, 11) is 0. The molecule has 0 saturated carbocycles. The Morgan fingerprint density at radius 3 is 2.60 bits per heavy atom. The molecule has 1 aliphatic heterocycles. The van der Waals surface area contributed by atoms with E-state index in [4.69, 9.17) is 27.9 Å². The highest BCUT2D eigenvalue weighted by Crippen LogP contribution is 2.29. The fraction of sp³-hybridized carbons (Fsp3) is 0.0435. The van der Waals surface area contributed by atoms with Gasteiger partial charge in [0.15, 0.2) is 5.17 Å². The van der Waals surface area contributed by atoms with Crippen molar-refractivity contribution in [1.29, 1.82) is 0 Å². The van der Waals surface area contributed by atoms with Crippen LogP contribution in [0.1, 0.15) is 11.1 Å². The molecule has 7 heteroatoms. The van der Waals surface area contributed by atoms with Gasteiger partial charge in [-0.1, -0.05) is 53.5 Å². The number of aliphatic imine (C=N–C) groups is 1. The minimum absolute atomic E-state index is 0.185. The summed E-state index contributed by atoms with van der Waals surface area (Å²) in [5.74, 6) is 0.512. The van der Waals surface area contributed by atoms with E-state index < -0.39 is 0 Å². The summed E-state index contributed by atoms with van der Waals surface area (Å²) in [5.41, 5.74) is 2.49. The molecule has 4 nitrogen and oxygen atoms in total. The number of carbonyl (C=O) groups is 1. The monoisotopic (exact) mass is 454 g/mol. The zero-order valence-electron chi connectivity index (χ0n) is 15.6. The lowest BCUT2D eigenvalue weighted by atomic mass is 10.2. The molecule has 0 bridgehead atoms. The second-order valence-electron chi connectivity index (χ2n) is 6.41. The lowest BCUT2D eigenvalue weighted by Gasteiger charge is -2.08. The van der Waals surface area contributed by atoms with Crippen LogP contribution in [-0.2, 0) is 11.4 Å². The summed E-state index contributed by atoms with van der Waals surface area (Å²) in [6, 6.07) is 22.2. The minimum Gasteiger partial charge on any atom is -0.489 e. The maximum absolute atomic E-state index is 12.3. The van der Waals surface area contributed by atoms with Crippen LogP contribution < -0.4 is 10.1 Å². The van der Waals surface area contributed by atoms with Gasteiger partial charge in [-0.3, -0.25) is 4.79 Å². The Morgan fingerprint density at radius 1 is 1.00 bits per heavy atom. The van der Waals surface area contributed by atoms with Crippen molar-refractivity contribution < 1.29 is 9.53 Å². The number of benzene rings is 3. The first-order chi connectivity index (χ1) is 14.6. The Kier molecular flexibility index (Phi) is 6.43. The Bertz CT molecular complexity index is 1140. The van der Waals surface area contributed by atoms with Crippen LogP contribution in [0.5, 0.6) is 5.75 Å². The Morgan fingerprint density at radius 2 is 1.80 bits per heavy atom. The summed E-state index contributed by atoms with van der Waals surface area (Å²) in [6.07, 6.45) is 1.81. The summed E-state index contributed by atoms with van der Waals surface area (Å²) in [5, 5.41) is 4.62. The van der Waals surface area contributed by atoms with Crippen LogP contribution in [0.15, 0.2) is 82.7 Å². The SMILES string of the molecule is O=C1NC(=Nc2ccc(Cl)cc2)S/C1=C\c1cccc(OCc2ccccc2Cl)c1. The van der Waals surface area contributed by atoms with Gasteiger partial charge in [0.25, 0.3) is 5.91 Å². The van der Waals surface area contributed by atoms with Gasteiger partial charge >= 0.3 is 0 Å². The largest absolute Gasteiger partial charge is 0.489 e. The number of nitrogens with zero attached hydrogens (tertiary/aromatic N) is 1. The third-order valence-corrected chi connectivity index (χ3v) is 5.75. The van der Waals surface area contributed by atoms with E-state index >= 15 is 0 Å². The van der Waals surface area contributed by atoms with Gasteiger partial charge in [0.05, 0.1) is 10.6 Å². The predicted octanol–water partition coefficient (Wildman–Crippen LogP) is 6.46. The van der Waals surface area contributed by atoms with Gasteiger partial charge in [-0.2, -0.15) is 0 Å². The highest BCUT2D eigenvalue weighted by atomic mass is 35.5. The molecule has 0 atom stereocenters. The minimum atomic E-state index is -0.185. The van der Waals surface area contributed by atoms with Crippen LogP contribution in [0.3, 0.4) is 0 Å². The van der Waals surface area contributed by atoms with Gasteiger partial charge in [-0.25, -0.2) is 4.99 Å². The van der Waals surface area contributed by atoms with Crippen LogP contribution in [0, 0.1) is 0 Å². The molecule has 0 aliphatic carbocycles. The van der Waals surface area contributed by atoms with Crippen molar-refractivity contribution in [3.8, 4) is 5.75 Å². The number of thioether (sulfide) groups is 1. The van der Waals surface area contributed by atoms with Gasteiger partial charge in [-0.15, -0.1) is 0 Å². The molecule has 1 saturated heterocycles. The van der Waals surface area contributed by atoms with Crippen molar-refractivity contribution in [2.24, 2.45) is 4.99 Å². The molecular formula is C23H16Cl2N2O2S. The number of nitrogens with one attached hydrogen (secondary N) is 1. The van der Waals surface area contributed by atoms with Crippen molar-refractivity contribution in [3.63, 3.8) is 0 Å². The smallest absolute Gasteiger partial charge is 0.264 e. The van der Waals surface area contributed by atoms with E-state index in [1.54, 1.807) is 24.3 Å². The van der Waals surface area contributed by atoms with Crippen LogP contribution >= 0.6 is 35.0 Å². The number of amidine groups is 1. The van der Waals surface area contributed by atoms with Crippen LogP contribution in [0.4, 0.5) is 5.69 Å². The predicted molar refractivity (Wildman–Crippen MR) is 124 cm³/mol. The second kappa shape index (κ2) is 9.39. The van der Waals surface area contributed by atoms with E-state index in [2.05, 4.69) is 10.3 Å². The first-order valence-corrected chi connectivity index (χ1v) is 10.7. The molecule has 0 radical (unpaired) electrons. The first kappa shape index (κ1) is 20.5. The lowest BCUT2D eigenvalue weighted by Crippen LogP contribution is -2.19. The maximum atomic E-state index is 12.3. The fourth-order valence-corrected chi connectivity index (χ4v) is 3.89. The fourth-order valence-electron chi connectivity index (χ4n) is 2.74. The van der Waals surface area contributed by atoms with Gasteiger partial charge in [0.2, 0.25) is 0 Å². The Hall–Kier alpha value is -2.73. The number of rotatable bonds is 5. The normalized spacial score (nSPS) is 16.1. The zero-order chi connectivity index (χ0) is 20.9. The molecule has 1 heterocycles. The third-order valence-electron chi connectivity index (χ3n) is 4.22. The number of halogens is 2. The van der Waals surface area contributed by atoms with E-state index in [9.17, 15) is 4.79 Å². The van der Waals surface area contributed by atoms with Gasteiger partial charge in [0, 0.05) is 15.6 Å². The highest BCUT2D eigenvalue weighted by Gasteiger charge is 2.23. The van der Waals surface area contributed by atoms with Gasteiger partial charge < -0.3 is 10.1 Å². The third kappa shape index (κ3) is 5.25. The van der Waals surface area contributed by atoms with E-state index in [0.29, 0.717) is 32.5 Å². The molecule has 0 aromatic heterocycles. The first-order valence-electron chi connectivity index (χ1n) is 9.08. The van der Waals surface area contributed by atoms with E-state index in [1.165, 1.54) is 11.8 Å². The van der Waals surface area contributed by atoms with Crippen molar-refractivity contribution in [2.75, 3.05) is 0 Å². The van der Waals surface area contributed by atoms with Gasteiger partial charge in [-0.05, 0) is 65.9 Å². The molecule has 0 spiro atoms. The van der Waals surface area contributed by atoms with E-state index in [0.717, 1.165) is 16.8 Å². The van der Waals surface area contributed by atoms with Gasteiger partial charge in [0.1, 0.15) is 12.4 Å². The van der Waals surface area contributed by atoms with Crippen molar-refractivity contribution in [1.82, 2.24) is 5.32 Å². The molecule has 150 valence electrons. The molecule has 0 unspecified atom stereocenters. The quantitative estimate of drug-likeness (QED) is 0.449. The van der Waals surface area contributed by atoms with Crippen LogP contribution in [0.25, 0.3) is 6.08 Å². The molecule has 1 amide bonds. The second-order valence-corrected chi connectivity index (χ2v) is 8.29. The van der Waals surface area contributed by atoms with E-state index in [-0.39, 0.29) is 5.91 Å². The van der Waals surface area contributed by atoms with Crippen LogP contribution in [0.2, 0.25) is 10.0 Å². The average Bonchev–Trinajstić information content (AvgIpc) is 3.08. The number of amides is 1. The molecule has 3 aromatic rings. The zero-order valence-corrected chi connectivity index (χ0v) is 18.0. The topological polar surface area (TPSA) is 50.7 Å².